The Labute approximate surface area is 114 Å². The Morgan fingerprint density at radius 1 is 1.28 bits per heavy atom. The van der Waals surface area contributed by atoms with Crippen LogP contribution in [-0.4, -0.2) is 24.4 Å². The molecule has 0 unspecified atom stereocenters. The fourth-order valence-corrected chi connectivity index (χ4v) is 2.56. The fourth-order valence-electron chi connectivity index (χ4n) is 1.52. The number of nitrogens with one attached hydrogen (secondary N) is 1. The van der Waals surface area contributed by atoms with E-state index in [9.17, 15) is 4.79 Å². The molecule has 1 aromatic carbocycles. The zero-order valence-corrected chi connectivity index (χ0v) is 11.5. The third-order valence-corrected chi connectivity index (χ3v) is 3.51. The number of carbonyl (C=O) groups excluding carboxylic acids is 1. The van der Waals surface area contributed by atoms with E-state index < -0.39 is 0 Å². The molecule has 1 aliphatic heterocycles. The number of thioether (sulfide) groups is 1. The van der Waals surface area contributed by atoms with Gasteiger partial charge in [-0.2, -0.15) is 0 Å². The van der Waals surface area contributed by atoms with Gasteiger partial charge in [-0.25, -0.2) is 0 Å². The number of hydrogen-bond donors (Lipinski definition) is 1. The topological polar surface area (TPSA) is 47.6 Å². The van der Waals surface area contributed by atoms with Crippen molar-refractivity contribution in [2.24, 2.45) is 0 Å². The Morgan fingerprint density at radius 2 is 2.00 bits per heavy atom. The highest BCUT2D eigenvalue weighted by Crippen LogP contribution is 2.31. The molecule has 6 heteroatoms. The van der Waals surface area contributed by atoms with Gasteiger partial charge in [0.2, 0.25) is 0 Å². The van der Waals surface area contributed by atoms with Crippen LogP contribution in [-0.2, 0) is 4.79 Å². The van der Waals surface area contributed by atoms with Crippen molar-refractivity contribution >= 4 is 40.3 Å². The number of amides is 1. The molecule has 0 aromatic heterocycles. The largest absolute Gasteiger partial charge is 0.493 e. The van der Waals surface area contributed by atoms with Crippen molar-refractivity contribution in [1.29, 1.82) is 0 Å². The van der Waals surface area contributed by atoms with Crippen LogP contribution in [0.2, 0.25) is 0 Å². The maximum absolute atomic E-state index is 11.5. The minimum Gasteiger partial charge on any atom is -0.493 e. The molecule has 0 spiro atoms. The van der Waals surface area contributed by atoms with Crippen LogP contribution in [0.1, 0.15) is 5.56 Å². The zero-order chi connectivity index (χ0) is 13.1. The summed E-state index contributed by atoms with van der Waals surface area (Å²) in [7, 11) is 3.15. The molecular weight excluding hydrogens is 270 g/mol. The number of rotatable bonds is 3. The molecule has 1 amide bonds. The molecule has 1 aromatic rings. The first-order valence-electron chi connectivity index (χ1n) is 5.11. The van der Waals surface area contributed by atoms with Gasteiger partial charge in [0.05, 0.1) is 19.1 Å². The van der Waals surface area contributed by atoms with Crippen LogP contribution < -0.4 is 14.8 Å². The van der Waals surface area contributed by atoms with Crippen molar-refractivity contribution in [2.45, 2.75) is 0 Å². The molecule has 18 heavy (non-hydrogen) atoms. The van der Waals surface area contributed by atoms with Gasteiger partial charge in [-0.1, -0.05) is 30.0 Å². The summed E-state index contributed by atoms with van der Waals surface area (Å²) >= 11 is 6.17. The maximum Gasteiger partial charge on any atom is 0.263 e. The van der Waals surface area contributed by atoms with Gasteiger partial charge < -0.3 is 14.8 Å². The van der Waals surface area contributed by atoms with Crippen molar-refractivity contribution in [1.82, 2.24) is 5.32 Å². The average molecular weight is 281 g/mol. The van der Waals surface area contributed by atoms with Crippen molar-refractivity contribution in [2.75, 3.05) is 14.2 Å². The Balaban J connectivity index is 2.32. The van der Waals surface area contributed by atoms with E-state index in [0.29, 0.717) is 20.7 Å². The van der Waals surface area contributed by atoms with Crippen LogP contribution >= 0.6 is 24.0 Å². The molecule has 2 rings (SSSR count). The number of ether oxygens (including phenoxy) is 2. The minimum absolute atomic E-state index is 0.167. The molecule has 4 nitrogen and oxygen atoms in total. The van der Waals surface area contributed by atoms with E-state index in [0.717, 1.165) is 5.56 Å². The Kier molecular flexibility index (Phi) is 3.88. The van der Waals surface area contributed by atoms with Crippen LogP contribution in [0, 0.1) is 0 Å². The van der Waals surface area contributed by atoms with Crippen molar-refractivity contribution < 1.29 is 14.3 Å². The van der Waals surface area contributed by atoms with Crippen LogP contribution in [0.3, 0.4) is 0 Å². The summed E-state index contributed by atoms with van der Waals surface area (Å²) in [5.41, 5.74) is 0.856. The van der Waals surface area contributed by atoms with E-state index in [2.05, 4.69) is 5.32 Å². The summed E-state index contributed by atoms with van der Waals surface area (Å²) in [4.78, 5) is 12.1. The first-order chi connectivity index (χ1) is 8.63. The first-order valence-corrected chi connectivity index (χ1v) is 6.33. The Morgan fingerprint density at radius 3 is 2.56 bits per heavy atom. The third-order valence-electron chi connectivity index (χ3n) is 2.35. The SMILES string of the molecule is COc1ccc(/C=C2\SC(=S)NC2=O)cc1OC. The van der Waals surface area contributed by atoms with Gasteiger partial charge in [-0.3, -0.25) is 4.79 Å². The first kappa shape index (κ1) is 12.9. The Hall–Kier alpha value is -1.53. The van der Waals surface area contributed by atoms with Crippen molar-refractivity contribution in [3.8, 4) is 11.5 Å². The molecule has 0 radical (unpaired) electrons. The highest BCUT2D eigenvalue weighted by Gasteiger charge is 2.22. The second-order valence-electron chi connectivity index (χ2n) is 3.47. The standard InChI is InChI=1S/C12H11NO3S2/c1-15-8-4-3-7(5-9(8)16-2)6-10-11(14)13-12(17)18-10/h3-6H,1-2H3,(H,13,14,17)/b10-6-. The lowest BCUT2D eigenvalue weighted by atomic mass is 10.2. The second kappa shape index (κ2) is 5.41. The molecule has 1 heterocycles. The molecule has 0 bridgehead atoms. The summed E-state index contributed by atoms with van der Waals surface area (Å²) in [6, 6.07) is 5.45. The predicted octanol–water partition coefficient (Wildman–Crippen LogP) is 2.19. The molecule has 0 saturated carbocycles. The van der Waals surface area contributed by atoms with Gasteiger partial charge in [0.25, 0.3) is 5.91 Å². The van der Waals surface area contributed by atoms with Gasteiger partial charge in [0.15, 0.2) is 11.5 Å². The van der Waals surface area contributed by atoms with Crippen LogP contribution in [0.15, 0.2) is 23.1 Å². The van der Waals surface area contributed by atoms with Gasteiger partial charge >= 0.3 is 0 Å². The minimum atomic E-state index is -0.167. The van der Waals surface area contributed by atoms with E-state index in [1.54, 1.807) is 32.4 Å². The van der Waals surface area contributed by atoms with E-state index in [1.165, 1.54) is 11.8 Å². The number of thiocarbonyl (C=S) groups is 1. The molecule has 0 atom stereocenters. The van der Waals surface area contributed by atoms with Crippen molar-refractivity contribution in [3.63, 3.8) is 0 Å². The number of hydrogen-bond acceptors (Lipinski definition) is 5. The number of carbonyl (C=O) groups is 1. The van der Waals surface area contributed by atoms with Gasteiger partial charge in [0, 0.05) is 0 Å². The third kappa shape index (κ3) is 2.65. The lowest BCUT2D eigenvalue weighted by molar-refractivity contribution is -0.115. The maximum atomic E-state index is 11.5. The average Bonchev–Trinajstić information content (AvgIpc) is 2.67. The van der Waals surface area contributed by atoms with E-state index in [-0.39, 0.29) is 5.91 Å². The summed E-state index contributed by atoms with van der Waals surface area (Å²) in [5.74, 6) is 1.11. The summed E-state index contributed by atoms with van der Waals surface area (Å²) < 4.78 is 10.8. The van der Waals surface area contributed by atoms with Crippen LogP contribution in [0.5, 0.6) is 11.5 Å². The van der Waals surface area contributed by atoms with E-state index >= 15 is 0 Å². The Bertz CT molecular complexity index is 540. The molecule has 1 fully saturated rings. The van der Waals surface area contributed by atoms with Crippen molar-refractivity contribution in [3.05, 3.63) is 28.7 Å². The predicted molar refractivity (Wildman–Crippen MR) is 75.9 cm³/mol. The zero-order valence-electron chi connectivity index (χ0n) is 9.85. The molecule has 0 aliphatic carbocycles. The molecule has 1 aliphatic rings. The summed E-state index contributed by atoms with van der Waals surface area (Å²) in [5, 5.41) is 2.57. The summed E-state index contributed by atoms with van der Waals surface area (Å²) in [6.45, 7) is 0. The monoisotopic (exact) mass is 281 g/mol. The smallest absolute Gasteiger partial charge is 0.263 e. The van der Waals surface area contributed by atoms with E-state index in [1.807, 2.05) is 6.07 Å². The highest BCUT2D eigenvalue weighted by atomic mass is 32.2. The van der Waals surface area contributed by atoms with Gasteiger partial charge in [-0.05, 0) is 23.8 Å². The molecule has 1 N–H and O–H groups in total. The quantitative estimate of drug-likeness (QED) is 0.680. The number of methoxy groups -OCH3 is 2. The molecular formula is C12H11NO3S2. The fraction of sp³-hybridized carbons (Fsp3) is 0.167. The number of benzene rings is 1. The van der Waals surface area contributed by atoms with Crippen LogP contribution in [0.4, 0.5) is 0 Å². The van der Waals surface area contributed by atoms with Gasteiger partial charge in [-0.15, -0.1) is 0 Å². The van der Waals surface area contributed by atoms with Crippen LogP contribution in [0.25, 0.3) is 6.08 Å². The van der Waals surface area contributed by atoms with E-state index in [4.69, 9.17) is 21.7 Å². The normalized spacial score (nSPS) is 16.9. The lowest BCUT2D eigenvalue weighted by Gasteiger charge is -2.07. The highest BCUT2D eigenvalue weighted by molar-refractivity contribution is 8.26. The second-order valence-corrected chi connectivity index (χ2v) is 5.19. The molecule has 1 saturated heterocycles. The van der Waals surface area contributed by atoms with Gasteiger partial charge in [0.1, 0.15) is 4.32 Å². The molecule has 94 valence electrons. The lowest BCUT2D eigenvalue weighted by Crippen LogP contribution is -2.17. The summed E-state index contributed by atoms with van der Waals surface area (Å²) in [6.07, 6.45) is 1.77.